The van der Waals surface area contributed by atoms with Gasteiger partial charge in [0.15, 0.2) is 0 Å². The van der Waals surface area contributed by atoms with Gasteiger partial charge in [0, 0.05) is 39.9 Å². The number of carbonyl (C=O) groups excluding carboxylic acids is 3. The van der Waals surface area contributed by atoms with Gasteiger partial charge in [-0.2, -0.15) is 0 Å². The Morgan fingerprint density at radius 2 is 1.76 bits per heavy atom. The summed E-state index contributed by atoms with van der Waals surface area (Å²) in [6.07, 6.45) is 3.70. The van der Waals surface area contributed by atoms with Crippen LogP contribution in [-0.2, 0) is 16.1 Å². The molecular formula is C29H24ClN3O3S. The third-order valence-corrected chi connectivity index (χ3v) is 7.59. The van der Waals surface area contributed by atoms with Crippen LogP contribution in [0.3, 0.4) is 0 Å². The van der Waals surface area contributed by atoms with E-state index >= 15 is 0 Å². The molecule has 0 bridgehead atoms. The van der Waals surface area contributed by atoms with Crippen molar-refractivity contribution in [1.82, 2.24) is 9.47 Å². The van der Waals surface area contributed by atoms with Crippen molar-refractivity contribution in [3.05, 3.63) is 105 Å². The molecule has 2 heterocycles. The number of nitrogens with zero attached hydrogens (tertiary/aromatic N) is 2. The number of anilines is 1. The van der Waals surface area contributed by atoms with E-state index in [-0.39, 0.29) is 6.54 Å². The molecule has 0 unspecified atom stereocenters. The maximum atomic E-state index is 13.1. The molecule has 0 radical (unpaired) electrons. The average molecular weight is 530 g/mol. The Morgan fingerprint density at radius 3 is 2.54 bits per heavy atom. The molecule has 37 heavy (non-hydrogen) atoms. The Kier molecular flexibility index (Phi) is 6.91. The SMILES string of the molecule is Cc1cccc(NC(=O)CN2C(=O)S/C(=C\c3cn(Cc4ccc(Cl)cc4)c4ccccc34)C2=O)c1C. The van der Waals surface area contributed by atoms with Gasteiger partial charge in [0.1, 0.15) is 6.54 Å². The third kappa shape index (κ3) is 5.19. The van der Waals surface area contributed by atoms with E-state index in [0.717, 1.165) is 49.8 Å². The zero-order valence-corrected chi connectivity index (χ0v) is 21.9. The number of para-hydroxylation sites is 1. The molecule has 0 atom stereocenters. The molecule has 8 heteroatoms. The highest BCUT2D eigenvalue weighted by atomic mass is 35.5. The van der Waals surface area contributed by atoms with Crippen molar-refractivity contribution in [1.29, 1.82) is 0 Å². The number of amides is 3. The van der Waals surface area contributed by atoms with Crippen LogP contribution in [0.2, 0.25) is 5.02 Å². The normalized spacial score (nSPS) is 14.7. The van der Waals surface area contributed by atoms with Gasteiger partial charge in [0.25, 0.3) is 11.1 Å². The Morgan fingerprint density at radius 1 is 1.00 bits per heavy atom. The lowest BCUT2D eigenvalue weighted by Gasteiger charge is -2.14. The van der Waals surface area contributed by atoms with E-state index in [1.54, 1.807) is 12.1 Å². The van der Waals surface area contributed by atoms with Crippen LogP contribution in [-0.4, -0.2) is 33.1 Å². The molecule has 0 aliphatic carbocycles. The summed E-state index contributed by atoms with van der Waals surface area (Å²) in [4.78, 5) is 39.7. The number of carbonyl (C=O) groups is 3. The number of hydrogen-bond donors (Lipinski definition) is 1. The van der Waals surface area contributed by atoms with Gasteiger partial charge in [-0.05, 0) is 72.6 Å². The van der Waals surface area contributed by atoms with Crippen molar-refractivity contribution >= 4 is 63.1 Å². The second-order valence-corrected chi connectivity index (χ2v) is 10.3. The number of imide groups is 1. The van der Waals surface area contributed by atoms with E-state index in [9.17, 15) is 14.4 Å². The number of aryl methyl sites for hydroxylation is 1. The zero-order valence-electron chi connectivity index (χ0n) is 20.3. The molecule has 1 aromatic heterocycles. The third-order valence-electron chi connectivity index (χ3n) is 6.43. The lowest BCUT2D eigenvalue weighted by atomic mass is 10.1. The molecule has 3 amide bonds. The first-order valence-corrected chi connectivity index (χ1v) is 12.9. The maximum Gasteiger partial charge on any atom is 0.294 e. The highest BCUT2D eigenvalue weighted by Gasteiger charge is 2.36. The molecule has 6 nitrogen and oxygen atoms in total. The van der Waals surface area contributed by atoms with Gasteiger partial charge < -0.3 is 9.88 Å². The summed E-state index contributed by atoms with van der Waals surface area (Å²) >= 11 is 6.87. The van der Waals surface area contributed by atoms with E-state index in [1.165, 1.54) is 0 Å². The molecule has 0 saturated carbocycles. The van der Waals surface area contributed by atoms with Crippen LogP contribution in [0.5, 0.6) is 0 Å². The number of halogens is 1. The van der Waals surface area contributed by atoms with Crippen LogP contribution >= 0.6 is 23.4 Å². The van der Waals surface area contributed by atoms with Crippen molar-refractivity contribution in [2.75, 3.05) is 11.9 Å². The number of hydrogen-bond acceptors (Lipinski definition) is 4. The predicted molar refractivity (Wildman–Crippen MR) is 150 cm³/mol. The summed E-state index contributed by atoms with van der Waals surface area (Å²) in [5, 5.41) is 4.00. The fourth-order valence-electron chi connectivity index (χ4n) is 4.30. The summed E-state index contributed by atoms with van der Waals surface area (Å²) in [6, 6.07) is 21.2. The molecule has 1 aliphatic heterocycles. The van der Waals surface area contributed by atoms with Crippen molar-refractivity contribution in [2.45, 2.75) is 20.4 Å². The van der Waals surface area contributed by atoms with Crippen LogP contribution in [0.1, 0.15) is 22.3 Å². The minimum absolute atomic E-state index is 0.291. The van der Waals surface area contributed by atoms with Crippen molar-refractivity contribution in [3.8, 4) is 0 Å². The Balaban J connectivity index is 1.37. The first-order chi connectivity index (χ1) is 17.8. The van der Waals surface area contributed by atoms with Crippen LogP contribution < -0.4 is 5.32 Å². The Bertz CT molecular complexity index is 1570. The zero-order chi connectivity index (χ0) is 26.1. The van der Waals surface area contributed by atoms with Gasteiger partial charge in [-0.25, -0.2) is 0 Å². The highest BCUT2D eigenvalue weighted by molar-refractivity contribution is 8.18. The second-order valence-electron chi connectivity index (χ2n) is 8.92. The number of thioether (sulfide) groups is 1. The van der Waals surface area contributed by atoms with Gasteiger partial charge in [-0.3, -0.25) is 19.3 Å². The first kappa shape index (κ1) is 24.9. The number of rotatable bonds is 6. The van der Waals surface area contributed by atoms with Crippen LogP contribution in [0.15, 0.2) is 77.8 Å². The number of benzene rings is 3. The van der Waals surface area contributed by atoms with Crippen LogP contribution in [0.25, 0.3) is 17.0 Å². The summed E-state index contributed by atoms with van der Waals surface area (Å²) < 4.78 is 2.10. The number of aromatic nitrogens is 1. The molecule has 5 rings (SSSR count). The molecule has 1 N–H and O–H groups in total. The fraction of sp³-hybridized carbons (Fsp3) is 0.138. The standard InChI is InChI=1S/C29H24ClN3O3S/c1-18-6-5-8-24(19(18)2)31-27(34)17-33-28(35)26(37-29(33)36)14-21-16-32(25-9-4-3-7-23(21)25)15-20-10-12-22(30)13-11-20/h3-14,16H,15,17H2,1-2H3,(H,31,34)/b26-14-. The van der Waals surface area contributed by atoms with E-state index in [2.05, 4.69) is 9.88 Å². The molecule has 186 valence electrons. The molecule has 1 saturated heterocycles. The first-order valence-electron chi connectivity index (χ1n) is 11.7. The van der Waals surface area contributed by atoms with Crippen molar-refractivity contribution < 1.29 is 14.4 Å². The molecule has 0 spiro atoms. The van der Waals surface area contributed by atoms with Gasteiger partial charge in [-0.15, -0.1) is 0 Å². The predicted octanol–water partition coefficient (Wildman–Crippen LogP) is 6.63. The Hall–Kier alpha value is -3.81. The average Bonchev–Trinajstić information content (AvgIpc) is 3.35. The van der Waals surface area contributed by atoms with Gasteiger partial charge in [0.05, 0.1) is 4.91 Å². The fourth-order valence-corrected chi connectivity index (χ4v) is 5.26. The second kappa shape index (κ2) is 10.3. The lowest BCUT2D eigenvalue weighted by Crippen LogP contribution is -2.36. The summed E-state index contributed by atoms with van der Waals surface area (Å²) in [5.74, 6) is -0.891. The summed E-state index contributed by atoms with van der Waals surface area (Å²) in [6.45, 7) is 4.16. The number of nitrogens with one attached hydrogen (secondary N) is 1. The largest absolute Gasteiger partial charge is 0.342 e. The minimum Gasteiger partial charge on any atom is -0.342 e. The maximum absolute atomic E-state index is 13.1. The van der Waals surface area contributed by atoms with E-state index in [4.69, 9.17) is 11.6 Å². The van der Waals surface area contributed by atoms with Crippen molar-refractivity contribution in [3.63, 3.8) is 0 Å². The van der Waals surface area contributed by atoms with Gasteiger partial charge in [0.2, 0.25) is 5.91 Å². The lowest BCUT2D eigenvalue weighted by molar-refractivity contribution is -0.127. The molecular weight excluding hydrogens is 506 g/mol. The van der Waals surface area contributed by atoms with Gasteiger partial charge in [-0.1, -0.05) is 54.1 Å². The van der Waals surface area contributed by atoms with Crippen LogP contribution in [0, 0.1) is 13.8 Å². The summed E-state index contributed by atoms with van der Waals surface area (Å²) in [5.41, 5.74) is 5.58. The van der Waals surface area contributed by atoms with Crippen molar-refractivity contribution in [2.24, 2.45) is 0 Å². The van der Waals surface area contributed by atoms with E-state index < -0.39 is 17.1 Å². The monoisotopic (exact) mass is 529 g/mol. The number of fused-ring (bicyclic) bond motifs is 1. The van der Waals surface area contributed by atoms with Gasteiger partial charge >= 0.3 is 0 Å². The molecule has 1 aliphatic rings. The van der Waals surface area contributed by atoms with E-state index in [1.807, 2.05) is 80.7 Å². The minimum atomic E-state index is -0.472. The highest BCUT2D eigenvalue weighted by Crippen LogP contribution is 2.34. The topological polar surface area (TPSA) is 71.4 Å². The molecule has 4 aromatic rings. The quantitative estimate of drug-likeness (QED) is 0.284. The van der Waals surface area contributed by atoms with E-state index in [0.29, 0.717) is 22.2 Å². The summed E-state index contributed by atoms with van der Waals surface area (Å²) in [7, 11) is 0. The molecule has 3 aromatic carbocycles. The van der Waals surface area contributed by atoms with Crippen LogP contribution in [0.4, 0.5) is 10.5 Å². The smallest absolute Gasteiger partial charge is 0.294 e. The Labute approximate surface area is 223 Å². The molecule has 1 fully saturated rings.